The number of carbonyl (C=O) groups excluding carboxylic acids is 2. The van der Waals surface area contributed by atoms with Crippen LogP contribution in [0.2, 0.25) is 0 Å². The molecule has 41 heavy (non-hydrogen) atoms. The third kappa shape index (κ3) is 7.71. The number of ether oxygens (including phenoxy) is 2. The van der Waals surface area contributed by atoms with Gasteiger partial charge in [-0.15, -0.1) is 0 Å². The summed E-state index contributed by atoms with van der Waals surface area (Å²) in [7, 11) is 0. The van der Waals surface area contributed by atoms with Crippen LogP contribution in [0.3, 0.4) is 0 Å². The Kier molecular flexibility index (Phi) is 9.05. The van der Waals surface area contributed by atoms with Gasteiger partial charge in [0.25, 0.3) is 5.91 Å². The van der Waals surface area contributed by atoms with Crippen LogP contribution in [0.15, 0.2) is 66.9 Å². The lowest BCUT2D eigenvalue weighted by Crippen LogP contribution is -2.46. The number of imidazole rings is 1. The first-order valence-corrected chi connectivity index (χ1v) is 12.4. The highest BCUT2D eigenvalue weighted by Crippen LogP contribution is 2.25. The van der Waals surface area contributed by atoms with Crippen LogP contribution in [-0.2, 0) is 18.0 Å². The molecule has 8 nitrogen and oxygen atoms in total. The number of nitrogens with zero attached hydrogens (tertiary/aromatic N) is 2. The number of fused-ring (bicyclic) bond motifs is 1. The van der Waals surface area contributed by atoms with Crippen LogP contribution in [0, 0.1) is 18.6 Å². The van der Waals surface area contributed by atoms with Gasteiger partial charge in [-0.2, -0.15) is 13.2 Å². The number of pyridine rings is 1. The molecule has 0 saturated heterocycles. The quantitative estimate of drug-likeness (QED) is 0.244. The summed E-state index contributed by atoms with van der Waals surface area (Å²) in [5.74, 6) is -2.22. The smallest absolute Gasteiger partial charge is 0.407 e. The molecule has 2 aromatic carbocycles. The number of nitrogens with one attached hydrogen (secondary N) is 2. The van der Waals surface area contributed by atoms with E-state index in [1.807, 2.05) is 0 Å². The van der Waals surface area contributed by atoms with Crippen LogP contribution < -0.4 is 15.4 Å². The Bertz CT molecular complexity index is 1510. The van der Waals surface area contributed by atoms with Crippen molar-refractivity contribution in [1.82, 2.24) is 20.0 Å². The summed E-state index contributed by atoms with van der Waals surface area (Å²) in [5, 5.41) is 4.55. The summed E-state index contributed by atoms with van der Waals surface area (Å²) in [5.41, 5.74) is 0.731. The van der Waals surface area contributed by atoms with Crippen LogP contribution in [-0.4, -0.2) is 40.1 Å². The van der Waals surface area contributed by atoms with Crippen molar-refractivity contribution in [3.05, 3.63) is 101 Å². The monoisotopic (exact) mass is 576 g/mol. The van der Waals surface area contributed by atoms with E-state index in [9.17, 15) is 31.5 Å². The van der Waals surface area contributed by atoms with E-state index in [0.717, 1.165) is 12.1 Å². The molecule has 4 aromatic rings. The Balaban J connectivity index is 1.44. The molecular weight excluding hydrogens is 551 g/mol. The number of alkyl halides is 3. The molecule has 1 atom stereocenters. The summed E-state index contributed by atoms with van der Waals surface area (Å²) in [4.78, 5) is 29.5. The van der Waals surface area contributed by atoms with Crippen molar-refractivity contribution in [2.24, 2.45) is 0 Å². The fourth-order valence-electron chi connectivity index (χ4n) is 4.05. The first-order valence-electron chi connectivity index (χ1n) is 12.4. The average Bonchev–Trinajstić information content (AvgIpc) is 3.26. The predicted molar refractivity (Wildman–Crippen MR) is 137 cm³/mol. The number of carbonyl (C=O) groups is 2. The standard InChI is InChI=1S/C28H25F5N4O4/c1-17-24(37-12-6-11-23(25(37)35-17)40-16-20-21(29)9-5-10-22(20)30)26(38)34-14-19(13-28(31,32)33)36-27(39)41-15-18-7-3-2-4-8-18/h2-12,19H,13-16H2,1H3,(H,34,38)(H,36,39). The minimum Gasteiger partial charge on any atom is -0.485 e. The normalized spacial score (nSPS) is 12.1. The molecule has 2 aromatic heterocycles. The van der Waals surface area contributed by atoms with Gasteiger partial charge in [-0.1, -0.05) is 36.4 Å². The largest absolute Gasteiger partial charge is 0.485 e. The molecule has 216 valence electrons. The number of aryl methyl sites for hydroxylation is 1. The third-order valence-corrected chi connectivity index (χ3v) is 5.96. The van der Waals surface area contributed by atoms with Crippen LogP contribution in [0.25, 0.3) is 5.65 Å². The van der Waals surface area contributed by atoms with Gasteiger partial charge in [0.1, 0.15) is 30.5 Å². The Morgan fingerprint density at radius 3 is 2.37 bits per heavy atom. The lowest BCUT2D eigenvalue weighted by molar-refractivity contribution is -0.139. The molecule has 0 radical (unpaired) electrons. The minimum absolute atomic E-state index is 0.0000602. The van der Waals surface area contributed by atoms with E-state index in [-0.39, 0.29) is 35.0 Å². The highest BCUT2D eigenvalue weighted by atomic mass is 19.4. The molecule has 0 spiro atoms. The first-order chi connectivity index (χ1) is 19.5. The molecule has 2 amide bonds. The number of hydrogen-bond acceptors (Lipinski definition) is 5. The van der Waals surface area contributed by atoms with E-state index >= 15 is 0 Å². The van der Waals surface area contributed by atoms with Gasteiger partial charge in [0.05, 0.1) is 23.7 Å². The SMILES string of the molecule is Cc1nc2c(OCc3c(F)cccc3F)cccn2c1C(=O)NCC(CC(F)(F)F)NC(=O)OCc1ccccc1. The lowest BCUT2D eigenvalue weighted by atomic mass is 10.2. The van der Waals surface area contributed by atoms with Crippen molar-refractivity contribution >= 4 is 17.6 Å². The van der Waals surface area contributed by atoms with Crippen LogP contribution >= 0.6 is 0 Å². The molecular formula is C28H25F5N4O4. The zero-order valence-electron chi connectivity index (χ0n) is 21.7. The first kappa shape index (κ1) is 29.3. The minimum atomic E-state index is -4.63. The molecule has 4 rings (SSSR count). The summed E-state index contributed by atoms with van der Waals surface area (Å²) in [6, 6.07) is 13.5. The number of rotatable bonds is 10. The number of amides is 2. The van der Waals surface area contributed by atoms with E-state index in [2.05, 4.69) is 15.6 Å². The highest BCUT2D eigenvalue weighted by molar-refractivity contribution is 5.95. The number of hydrogen-bond donors (Lipinski definition) is 2. The second kappa shape index (κ2) is 12.7. The van der Waals surface area contributed by atoms with E-state index in [0.29, 0.717) is 5.56 Å². The fraction of sp³-hybridized carbons (Fsp3) is 0.250. The van der Waals surface area contributed by atoms with Gasteiger partial charge in [0, 0.05) is 12.7 Å². The maximum absolute atomic E-state index is 14.0. The molecule has 2 heterocycles. The molecule has 0 saturated carbocycles. The van der Waals surface area contributed by atoms with Crippen LogP contribution in [0.4, 0.5) is 26.7 Å². The molecule has 2 N–H and O–H groups in total. The van der Waals surface area contributed by atoms with Crippen LogP contribution in [0.1, 0.15) is 33.7 Å². The van der Waals surface area contributed by atoms with Gasteiger partial charge in [-0.25, -0.2) is 18.6 Å². The average molecular weight is 577 g/mol. The van der Waals surface area contributed by atoms with Crippen molar-refractivity contribution in [3.63, 3.8) is 0 Å². The molecule has 0 bridgehead atoms. The van der Waals surface area contributed by atoms with E-state index < -0.39 is 55.4 Å². The summed E-state index contributed by atoms with van der Waals surface area (Å²) >= 11 is 0. The maximum atomic E-state index is 14.0. The number of alkyl carbamates (subject to hydrolysis) is 1. The molecule has 0 aliphatic carbocycles. The van der Waals surface area contributed by atoms with Crippen molar-refractivity contribution < 1.29 is 41.0 Å². The maximum Gasteiger partial charge on any atom is 0.407 e. The van der Waals surface area contributed by atoms with Gasteiger partial charge in [0.15, 0.2) is 11.4 Å². The zero-order valence-corrected chi connectivity index (χ0v) is 21.7. The Labute approximate surface area is 231 Å². The van der Waals surface area contributed by atoms with Crippen molar-refractivity contribution in [2.45, 2.75) is 38.8 Å². The van der Waals surface area contributed by atoms with Gasteiger partial charge < -0.3 is 20.1 Å². The topological polar surface area (TPSA) is 94.0 Å². The Morgan fingerprint density at radius 2 is 1.68 bits per heavy atom. The van der Waals surface area contributed by atoms with Crippen molar-refractivity contribution in [2.75, 3.05) is 6.54 Å². The Morgan fingerprint density at radius 1 is 0.976 bits per heavy atom. The van der Waals surface area contributed by atoms with Gasteiger partial charge >= 0.3 is 12.3 Å². The van der Waals surface area contributed by atoms with E-state index in [4.69, 9.17) is 9.47 Å². The third-order valence-electron chi connectivity index (χ3n) is 5.96. The fourth-order valence-corrected chi connectivity index (χ4v) is 4.05. The molecule has 13 heteroatoms. The lowest BCUT2D eigenvalue weighted by Gasteiger charge is -2.20. The van der Waals surface area contributed by atoms with Crippen molar-refractivity contribution in [3.8, 4) is 5.75 Å². The molecule has 1 unspecified atom stereocenters. The molecule has 0 aliphatic heterocycles. The summed E-state index contributed by atoms with van der Waals surface area (Å²) in [6.45, 7) is 0.354. The number of benzene rings is 2. The molecule has 0 aliphatic rings. The zero-order chi connectivity index (χ0) is 29.6. The number of aromatic nitrogens is 2. The van der Waals surface area contributed by atoms with Gasteiger partial charge in [-0.05, 0) is 36.8 Å². The Hall–Kier alpha value is -4.68. The predicted octanol–water partition coefficient (Wildman–Crippen LogP) is 5.48. The van der Waals surface area contributed by atoms with Gasteiger partial charge in [-0.3, -0.25) is 9.20 Å². The second-order valence-corrected chi connectivity index (χ2v) is 9.03. The molecule has 0 fully saturated rings. The number of halogens is 5. The van der Waals surface area contributed by atoms with E-state index in [1.54, 1.807) is 30.3 Å². The van der Waals surface area contributed by atoms with Crippen molar-refractivity contribution in [1.29, 1.82) is 0 Å². The van der Waals surface area contributed by atoms with E-state index in [1.165, 1.54) is 35.7 Å². The highest BCUT2D eigenvalue weighted by Gasteiger charge is 2.33. The second-order valence-electron chi connectivity index (χ2n) is 9.03. The van der Waals surface area contributed by atoms with Gasteiger partial charge in [0.2, 0.25) is 0 Å². The summed E-state index contributed by atoms with van der Waals surface area (Å²) < 4.78 is 79.5. The summed E-state index contributed by atoms with van der Waals surface area (Å²) in [6.07, 6.45) is -5.64. The van der Waals surface area contributed by atoms with Crippen LogP contribution in [0.5, 0.6) is 5.75 Å².